The van der Waals surface area contributed by atoms with Crippen molar-refractivity contribution in [3.63, 3.8) is 0 Å². The average Bonchev–Trinajstić information content (AvgIpc) is 2.74. The van der Waals surface area contributed by atoms with Crippen LogP contribution in [0.2, 0.25) is 0 Å². The number of aromatic nitrogens is 1. The Bertz CT molecular complexity index is 391. The second-order valence-corrected chi connectivity index (χ2v) is 5.49. The number of amides is 1. The molecule has 0 aromatic carbocycles. The number of aromatic amines is 1. The third-order valence-electron chi connectivity index (χ3n) is 3.31. The number of carbonyl (C=O) groups is 1. The second-order valence-electron chi connectivity index (χ2n) is 4.57. The van der Waals surface area contributed by atoms with Crippen LogP contribution in [0, 0.1) is 0 Å². The third kappa shape index (κ3) is 3.33. The normalized spacial score (nSPS) is 21.4. The lowest BCUT2D eigenvalue weighted by molar-refractivity contribution is 0.0924. The van der Waals surface area contributed by atoms with Gasteiger partial charge in [0.05, 0.1) is 0 Å². The van der Waals surface area contributed by atoms with Crippen molar-refractivity contribution in [3.8, 4) is 0 Å². The quantitative estimate of drug-likeness (QED) is 0.897. The predicted molar refractivity (Wildman–Crippen MR) is 71.1 cm³/mol. The molecule has 4 nitrogen and oxygen atoms in total. The highest BCUT2D eigenvalue weighted by atomic mass is 79.9. The Morgan fingerprint density at radius 2 is 2.47 bits per heavy atom. The number of nitrogens with zero attached hydrogens (tertiary/aromatic N) is 1. The summed E-state index contributed by atoms with van der Waals surface area (Å²) in [4.78, 5) is 17.1. The summed E-state index contributed by atoms with van der Waals surface area (Å²) in [5.41, 5.74) is 0.607. The minimum absolute atomic E-state index is 0.0327. The maximum Gasteiger partial charge on any atom is 0.267 e. The van der Waals surface area contributed by atoms with Gasteiger partial charge in [-0.3, -0.25) is 4.79 Å². The summed E-state index contributed by atoms with van der Waals surface area (Å²) in [7, 11) is 2.13. The lowest BCUT2D eigenvalue weighted by Crippen LogP contribution is -2.44. The molecule has 0 bridgehead atoms. The van der Waals surface area contributed by atoms with Crippen LogP contribution >= 0.6 is 15.9 Å². The molecule has 0 spiro atoms. The highest BCUT2D eigenvalue weighted by Gasteiger charge is 2.19. The maximum atomic E-state index is 11.8. The Labute approximate surface area is 110 Å². The summed E-state index contributed by atoms with van der Waals surface area (Å²) in [6.07, 6.45) is 5.47. The van der Waals surface area contributed by atoms with E-state index >= 15 is 0 Å². The van der Waals surface area contributed by atoms with Crippen molar-refractivity contribution in [2.75, 3.05) is 20.1 Å². The molecule has 0 saturated carbocycles. The SMILES string of the molecule is CN1CCCCC1CNC(=O)c1cc(Br)c[nH]1. The minimum atomic E-state index is -0.0327. The summed E-state index contributed by atoms with van der Waals surface area (Å²) < 4.78 is 0.900. The van der Waals surface area contributed by atoms with Gasteiger partial charge in [-0.05, 0) is 48.4 Å². The molecule has 1 fully saturated rings. The van der Waals surface area contributed by atoms with Crippen LogP contribution in [0.3, 0.4) is 0 Å². The first-order chi connectivity index (χ1) is 8.16. The Balaban J connectivity index is 1.83. The molecule has 1 saturated heterocycles. The first-order valence-electron chi connectivity index (χ1n) is 5.99. The van der Waals surface area contributed by atoms with E-state index in [-0.39, 0.29) is 5.91 Å². The van der Waals surface area contributed by atoms with E-state index in [0.717, 1.165) is 17.6 Å². The van der Waals surface area contributed by atoms with E-state index in [0.29, 0.717) is 11.7 Å². The van der Waals surface area contributed by atoms with Gasteiger partial charge in [-0.1, -0.05) is 6.42 Å². The van der Waals surface area contributed by atoms with Gasteiger partial charge >= 0.3 is 0 Å². The summed E-state index contributed by atoms with van der Waals surface area (Å²) in [6.45, 7) is 1.86. The molecular formula is C12H18BrN3O. The Hall–Kier alpha value is -0.810. The van der Waals surface area contributed by atoms with Gasteiger partial charge in [-0.25, -0.2) is 0 Å². The van der Waals surface area contributed by atoms with Gasteiger partial charge in [-0.2, -0.15) is 0 Å². The number of piperidine rings is 1. The zero-order valence-electron chi connectivity index (χ0n) is 10.0. The number of likely N-dealkylation sites (tertiary alicyclic amines) is 1. The number of hydrogen-bond donors (Lipinski definition) is 2. The monoisotopic (exact) mass is 299 g/mol. The molecule has 1 atom stereocenters. The van der Waals surface area contributed by atoms with Crippen LogP contribution in [-0.2, 0) is 0 Å². The molecule has 2 rings (SSSR count). The minimum Gasteiger partial charge on any atom is -0.356 e. The Morgan fingerprint density at radius 3 is 3.12 bits per heavy atom. The zero-order valence-corrected chi connectivity index (χ0v) is 11.6. The number of halogens is 1. The van der Waals surface area contributed by atoms with E-state index in [4.69, 9.17) is 0 Å². The van der Waals surface area contributed by atoms with Gasteiger partial charge < -0.3 is 15.2 Å². The molecule has 2 N–H and O–H groups in total. The molecule has 0 radical (unpaired) electrons. The number of rotatable bonds is 3. The van der Waals surface area contributed by atoms with Crippen molar-refractivity contribution in [1.29, 1.82) is 0 Å². The number of hydrogen-bond acceptors (Lipinski definition) is 2. The van der Waals surface area contributed by atoms with Crippen LogP contribution in [0.1, 0.15) is 29.8 Å². The van der Waals surface area contributed by atoms with Crippen LogP contribution in [-0.4, -0.2) is 42.0 Å². The summed E-state index contributed by atoms with van der Waals surface area (Å²) in [5, 5.41) is 2.98. The lowest BCUT2D eigenvalue weighted by atomic mass is 10.0. The van der Waals surface area contributed by atoms with Gasteiger partial charge in [0.25, 0.3) is 5.91 Å². The lowest BCUT2D eigenvalue weighted by Gasteiger charge is -2.32. The number of carbonyl (C=O) groups excluding carboxylic acids is 1. The molecule has 1 aliphatic heterocycles. The van der Waals surface area contributed by atoms with Crippen LogP contribution < -0.4 is 5.32 Å². The first-order valence-corrected chi connectivity index (χ1v) is 6.78. The van der Waals surface area contributed by atoms with E-state index in [1.807, 2.05) is 0 Å². The molecule has 1 aliphatic rings. The van der Waals surface area contributed by atoms with E-state index in [1.165, 1.54) is 19.3 Å². The molecule has 1 aromatic rings. The van der Waals surface area contributed by atoms with Crippen LogP contribution in [0.4, 0.5) is 0 Å². The van der Waals surface area contributed by atoms with E-state index in [1.54, 1.807) is 12.3 Å². The number of H-pyrrole nitrogens is 1. The van der Waals surface area contributed by atoms with Gasteiger partial charge in [0.2, 0.25) is 0 Å². The van der Waals surface area contributed by atoms with Crippen molar-refractivity contribution in [2.45, 2.75) is 25.3 Å². The van der Waals surface area contributed by atoms with Gasteiger partial charge in [-0.15, -0.1) is 0 Å². The fourth-order valence-electron chi connectivity index (χ4n) is 2.21. The molecule has 2 heterocycles. The van der Waals surface area contributed by atoms with E-state index in [2.05, 4.69) is 38.2 Å². The topological polar surface area (TPSA) is 48.1 Å². The standard InChI is InChI=1S/C12H18BrN3O/c1-16-5-3-2-4-10(16)8-15-12(17)11-6-9(13)7-14-11/h6-7,10,14H,2-5,8H2,1H3,(H,15,17). The second kappa shape index (κ2) is 5.69. The van der Waals surface area contributed by atoms with Crippen molar-refractivity contribution in [2.24, 2.45) is 0 Å². The summed E-state index contributed by atoms with van der Waals surface area (Å²) in [5.74, 6) is -0.0327. The highest BCUT2D eigenvalue weighted by Crippen LogP contribution is 2.14. The Kier molecular flexibility index (Phi) is 4.23. The highest BCUT2D eigenvalue weighted by molar-refractivity contribution is 9.10. The first kappa shape index (κ1) is 12.6. The van der Waals surface area contributed by atoms with Gasteiger partial charge in [0.15, 0.2) is 0 Å². The number of likely N-dealkylation sites (N-methyl/N-ethyl adjacent to an activating group) is 1. The maximum absolute atomic E-state index is 11.8. The average molecular weight is 300 g/mol. The van der Waals surface area contributed by atoms with Crippen molar-refractivity contribution in [1.82, 2.24) is 15.2 Å². The third-order valence-corrected chi connectivity index (χ3v) is 3.77. The molecule has 1 amide bonds. The van der Waals surface area contributed by atoms with Crippen molar-refractivity contribution >= 4 is 21.8 Å². The molecule has 0 aliphatic carbocycles. The Morgan fingerprint density at radius 1 is 1.65 bits per heavy atom. The fraction of sp³-hybridized carbons (Fsp3) is 0.583. The van der Waals surface area contributed by atoms with Gasteiger partial charge in [0.1, 0.15) is 5.69 Å². The van der Waals surface area contributed by atoms with Crippen LogP contribution in [0.5, 0.6) is 0 Å². The zero-order chi connectivity index (χ0) is 12.3. The van der Waals surface area contributed by atoms with Gasteiger partial charge in [0, 0.05) is 23.3 Å². The largest absolute Gasteiger partial charge is 0.356 e. The fourth-order valence-corrected chi connectivity index (χ4v) is 2.55. The molecule has 17 heavy (non-hydrogen) atoms. The summed E-state index contributed by atoms with van der Waals surface area (Å²) >= 11 is 3.32. The number of nitrogens with one attached hydrogen (secondary N) is 2. The van der Waals surface area contributed by atoms with E-state index < -0.39 is 0 Å². The van der Waals surface area contributed by atoms with E-state index in [9.17, 15) is 4.79 Å². The molecule has 5 heteroatoms. The summed E-state index contributed by atoms with van der Waals surface area (Å²) in [6, 6.07) is 2.27. The molecule has 94 valence electrons. The van der Waals surface area contributed by atoms with Crippen molar-refractivity contribution < 1.29 is 4.79 Å². The molecule has 1 unspecified atom stereocenters. The molecular weight excluding hydrogens is 282 g/mol. The predicted octanol–water partition coefficient (Wildman–Crippen LogP) is 1.99. The van der Waals surface area contributed by atoms with Crippen molar-refractivity contribution in [3.05, 3.63) is 22.4 Å². The smallest absolute Gasteiger partial charge is 0.267 e. The molecule has 1 aromatic heterocycles. The van der Waals surface area contributed by atoms with Crippen LogP contribution in [0.15, 0.2) is 16.7 Å². The van der Waals surface area contributed by atoms with Crippen LogP contribution in [0.25, 0.3) is 0 Å².